The van der Waals surface area contributed by atoms with Gasteiger partial charge in [0.25, 0.3) is 0 Å². The molecule has 1 aliphatic heterocycles. The molecule has 1 unspecified atom stereocenters. The van der Waals surface area contributed by atoms with E-state index in [1.54, 1.807) is 49.9 Å². The van der Waals surface area contributed by atoms with Crippen molar-refractivity contribution in [3.05, 3.63) is 59.9 Å². The molecule has 1 aliphatic rings. The molecule has 0 aromatic carbocycles. The second-order valence-corrected chi connectivity index (χ2v) is 6.42. The summed E-state index contributed by atoms with van der Waals surface area (Å²) >= 11 is 0. The number of ketones is 1. The number of carbonyl (C=O) groups is 2. The first kappa shape index (κ1) is 18.5. The van der Waals surface area contributed by atoms with E-state index in [0.717, 1.165) is 16.5 Å². The van der Waals surface area contributed by atoms with Crippen molar-refractivity contribution in [2.75, 3.05) is 6.61 Å². The summed E-state index contributed by atoms with van der Waals surface area (Å²) in [6.07, 6.45) is 8.20. The van der Waals surface area contributed by atoms with Crippen LogP contribution in [-0.4, -0.2) is 39.2 Å². The zero-order chi connectivity index (χ0) is 20.4. The molecule has 1 atom stereocenters. The van der Waals surface area contributed by atoms with Gasteiger partial charge in [0.2, 0.25) is 11.7 Å². The van der Waals surface area contributed by atoms with Crippen molar-refractivity contribution < 1.29 is 19.1 Å². The van der Waals surface area contributed by atoms with E-state index in [9.17, 15) is 9.59 Å². The maximum Gasteiger partial charge on any atom is 0.326 e. The average molecular weight is 390 g/mol. The van der Waals surface area contributed by atoms with Crippen LogP contribution >= 0.6 is 0 Å². The Labute approximate surface area is 166 Å². The molecule has 0 amide bonds. The number of aromatic nitrogens is 3. The number of Topliss-reactive ketones (excluding diaryl/α,β-unsaturated/α-hetero) is 1. The van der Waals surface area contributed by atoms with Crippen molar-refractivity contribution >= 4 is 40.4 Å². The fourth-order valence-electron chi connectivity index (χ4n) is 3.05. The molecule has 1 fully saturated rings. The number of nitrogens with one attached hydrogen (secondary N) is 1. The smallest absolute Gasteiger partial charge is 0.326 e. The first-order valence-corrected chi connectivity index (χ1v) is 9.10. The molecule has 3 aromatic heterocycles. The number of aromatic amines is 1. The van der Waals surface area contributed by atoms with Crippen molar-refractivity contribution in [2.45, 2.75) is 13.8 Å². The predicted octanol–water partition coefficient (Wildman–Crippen LogP) is 3.12. The monoisotopic (exact) mass is 390 g/mol. The first-order chi connectivity index (χ1) is 14.1. The van der Waals surface area contributed by atoms with Crippen LogP contribution in [0.3, 0.4) is 0 Å². The largest absolute Gasteiger partial charge is 0.465 e. The molecule has 29 heavy (non-hydrogen) atoms. The van der Waals surface area contributed by atoms with Crippen LogP contribution in [0.1, 0.15) is 18.1 Å². The van der Waals surface area contributed by atoms with E-state index in [0.29, 0.717) is 11.3 Å². The van der Waals surface area contributed by atoms with Gasteiger partial charge in [0.05, 0.1) is 12.3 Å². The van der Waals surface area contributed by atoms with Gasteiger partial charge >= 0.3 is 5.97 Å². The predicted molar refractivity (Wildman–Crippen MR) is 106 cm³/mol. The zero-order valence-corrected chi connectivity index (χ0v) is 15.9. The molecule has 4 heterocycles. The summed E-state index contributed by atoms with van der Waals surface area (Å²) in [5.41, 5.74) is 2.77. The molecule has 1 saturated heterocycles. The summed E-state index contributed by atoms with van der Waals surface area (Å²) in [4.78, 5) is 41.1. The van der Waals surface area contributed by atoms with E-state index in [1.807, 2.05) is 13.0 Å². The Hall–Kier alpha value is -3.81. The van der Waals surface area contributed by atoms with Crippen LogP contribution in [0, 0.1) is 12.8 Å². The number of fused-ring (bicyclic) bond motifs is 1. The van der Waals surface area contributed by atoms with Gasteiger partial charge in [-0.1, -0.05) is 0 Å². The van der Waals surface area contributed by atoms with Crippen LogP contribution < -0.4 is 0 Å². The van der Waals surface area contributed by atoms with Gasteiger partial charge in [-0.3, -0.25) is 14.6 Å². The number of esters is 1. The van der Waals surface area contributed by atoms with Crippen LogP contribution in [0.5, 0.6) is 0 Å². The van der Waals surface area contributed by atoms with Gasteiger partial charge in [-0.05, 0) is 43.7 Å². The van der Waals surface area contributed by atoms with Crippen molar-refractivity contribution in [3.63, 3.8) is 0 Å². The summed E-state index contributed by atoms with van der Waals surface area (Å²) in [5, 5.41) is 0.833. The minimum absolute atomic E-state index is 0.00744. The van der Waals surface area contributed by atoms with Crippen LogP contribution in [0.15, 0.2) is 53.7 Å². The van der Waals surface area contributed by atoms with E-state index < -0.39 is 17.7 Å². The number of pyridine rings is 2. The number of rotatable bonds is 4. The van der Waals surface area contributed by atoms with Gasteiger partial charge in [-0.2, -0.15) is 0 Å². The van der Waals surface area contributed by atoms with E-state index in [-0.39, 0.29) is 18.3 Å². The highest BCUT2D eigenvalue weighted by atomic mass is 16.5. The maximum atomic E-state index is 13.0. The van der Waals surface area contributed by atoms with Crippen molar-refractivity contribution in [1.82, 2.24) is 15.0 Å². The van der Waals surface area contributed by atoms with Gasteiger partial charge in [-0.25, -0.2) is 9.98 Å². The van der Waals surface area contributed by atoms with Gasteiger partial charge in [0, 0.05) is 35.7 Å². The van der Waals surface area contributed by atoms with Gasteiger partial charge in [-0.15, -0.1) is 0 Å². The van der Waals surface area contributed by atoms with Crippen molar-refractivity contribution in [2.24, 2.45) is 10.9 Å². The number of hydrogen-bond donors (Lipinski definition) is 1. The van der Waals surface area contributed by atoms with Gasteiger partial charge < -0.3 is 14.5 Å². The Bertz CT molecular complexity index is 1160. The summed E-state index contributed by atoms with van der Waals surface area (Å²) < 4.78 is 10.8. The molecular formula is C21H18N4O4. The molecule has 8 nitrogen and oxygen atoms in total. The molecular weight excluding hydrogens is 372 g/mol. The molecule has 0 aliphatic carbocycles. The number of ether oxygens (including phenoxy) is 2. The Kier molecular flexibility index (Phi) is 4.90. The lowest BCUT2D eigenvalue weighted by molar-refractivity contribution is -0.147. The van der Waals surface area contributed by atoms with Crippen LogP contribution in [0.4, 0.5) is 5.69 Å². The minimum atomic E-state index is -1.24. The summed E-state index contributed by atoms with van der Waals surface area (Å²) in [6, 6.07) is 5.37. The van der Waals surface area contributed by atoms with Crippen molar-refractivity contribution in [1.29, 1.82) is 0 Å². The topological polar surface area (TPSA) is 107 Å². The molecule has 8 heteroatoms. The Morgan fingerprint density at radius 1 is 1.38 bits per heavy atom. The number of aliphatic imine (C=N–C) groups is 1. The summed E-state index contributed by atoms with van der Waals surface area (Å²) in [6.45, 7) is 3.66. The minimum Gasteiger partial charge on any atom is -0.465 e. The number of allylic oxidation sites excluding steroid dienone is 1. The third-order valence-corrected chi connectivity index (χ3v) is 4.48. The molecule has 4 rings (SSSR count). The SMILES string of the molecule is CCOC(=O)C1C(=O)/C(=C/c2c[nH]c3ncccc23)OC1=Nc1ccncc1C. The highest BCUT2D eigenvalue weighted by Gasteiger charge is 2.44. The second kappa shape index (κ2) is 7.67. The molecule has 0 radical (unpaired) electrons. The fraction of sp³-hybridized carbons (Fsp3) is 0.190. The number of hydrogen-bond acceptors (Lipinski definition) is 7. The van der Waals surface area contributed by atoms with Crippen LogP contribution in [-0.2, 0) is 19.1 Å². The molecule has 146 valence electrons. The average Bonchev–Trinajstić information content (AvgIpc) is 3.25. The van der Waals surface area contributed by atoms with Crippen LogP contribution in [0.25, 0.3) is 17.1 Å². The molecule has 0 bridgehead atoms. The molecule has 1 N–H and O–H groups in total. The number of H-pyrrole nitrogens is 1. The Morgan fingerprint density at radius 3 is 3.03 bits per heavy atom. The number of nitrogens with zero attached hydrogens (tertiary/aromatic N) is 3. The molecule has 0 saturated carbocycles. The molecule has 3 aromatic rings. The third-order valence-electron chi connectivity index (χ3n) is 4.48. The lowest BCUT2D eigenvalue weighted by Crippen LogP contribution is -2.27. The highest BCUT2D eigenvalue weighted by molar-refractivity contribution is 6.27. The highest BCUT2D eigenvalue weighted by Crippen LogP contribution is 2.29. The van der Waals surface area contributed by atoms with E-state index in [4.69, 9.17) is 9.47 Å². The fourth-order valence-corrected chi connectivity index (χ4v) is 3.05. The summed E-state index contributed by atoms with van der Waals surface area (Å²) in [5.74, 6) is -2.40. The first-order valence-electron chi connectivity index (χ1n) is 9.10. The van der Waals surface area contributed by atoms with Crippen LogP contribution in [0.2, 0.25) is 0 Å². The van der Waals surface area contributed by atoms with Crippen molar-refractivity contribution in [3.8, 4) is 0 Å². The number of carbonyl (C=O) groups excluding carboxylic acids is 2. The lowest BCUT2D eigenvalue weighted by Gasteiger charge is -2.07. The Morgan fingerprint density at radius 2 is 2.24 bits per heavy atom. The standard InChI is InChI=1S/C21H18N4O4/c1-3-28-21(27)17-18(26)16(9-13-11-24-19-14(13)5-4-7-23-19)29-20(17)25-15-6-8-22-10-12(15)2/h4-11,17H,3H2,1-2H3,(H,23,24)/b16-9-,25-20?. The summed E-state index contributed by atoms with van der Waals surface area (Å²) in [7, 11) is 0. The lowest BCUT2D eigenvalue weighted by atomic mass is 10.0. The van der Waals surface area contributed by atoms with E-state index >= 15 is 0 Å². The molecule has 0 spiro atoms. The zero-order valence-electron chi connectivity index (χ0n) is 15.9. The van der Waals surface area contributed by atoms with E-state index in [2.05, 4.69) is 19.9 Å². The van der Waals surface area contributed by atoms with E-state index in [1.165, 1.54) is 0 Å². The van der Waals surface area contributed by atoms with Gasteiger partial charge in [0.15, 0.2) is 11.7 Å². The normalized spacial score (nSPS) is 19.1. The second-order valence-electron chi connectivity index (χ2n) is 6.42. The maximum absolute atomic E-state index is 13.0. The Balaban J connectivity index is 1.76. The number of aryl methyl sites for hydroxylation is 1. The van der Waals surface area contributed by atoms with Gasteiger partial charge in [0.1, 0.15) is 5.65 Å². The third kappa shape index (κ3) is 3.52. The quantitative estimate of drug-likeness (QED) is 0.417.